The first-order chi connectivity index (χ1) is 25.9. The number of carbonyl (C=O) groups excluding carboxylic acids is 2. The fourth-order valence-electron chi connectivity index (χ4n) is 6.83. The minimum atomic E-state index is -3.07. The summed E-state index contributed by atoms with van der Waals surface area (Å²) in [5, 5.41) is -0.278. The molecule has 0 heterocycles. The van der Waals surface area contributed by atoms with Gasteiger partial charge < -0.3 is 13.3 Å². The Labute approximate surface area is 336 Å². The van der Waals surface area contributed by atoms with Crippen molar-refractivity contribution in [2.24, 2.45) is 0 Å². The van der Waals surface area contributed by atoms with Crippen LogP contribution in [0.2, 0.25) is 6.04 Å². The van der Waals surface area contributed by atoms with E-state index in [-0.39, 0.29) is 17.1 Å². The summed E-state index contributed by atoms with van der Waals surface area (Å²) < 4.78 is 20.7. The average molecular weight is 786 g/mol. The van der Waals surface area contributed by atoms with Crippen molar-refractivity contribution >= 4 is 31.5 Å². The van der Waals surface area contributed by atoms with Crippen LogP contribution < -0.4 is 0 Å². The predicted molar refractivity (Wildman–Crippen MR) is 234 cm³/mol. The van der Waals surface area contributed by atoms with Gasteiger partial charge in [0, 0.05) is 44.5 Å². The van der Waals surface area contributed by atoms with E-state index in [0.29, 0.717) is 31.4 Å². The molecule has 0 saturated heterocycles. The SMILES string of the molecule is CCCCCCCCCCO[Si](CCCSC(=O)C(=O)CCCCCCCCCC)(OCCCCCCCCCC)OC(C)N(CCCC)CCCC. The Morgan fingerprint density at radius 1 is 0.509 bits per heavy atom. The van der Waals surface area contributed by atoms with Gasteiger partial charge in [0.2, 0.25) is 5.78 Å². The standard InChI is InChI=1S/C45H91NO5SSi/c1-7-12-17-20-23-26-29-32-36-44(47)45(48)52-41-35-42-53(49-39-33-30-27-24-21-18-13-8-2,50-40-34-31-28-25-22-19-14-9-3)51-43(6)46(37-15-10-4)38-16-11-5/h43H,7-42H2,1-6H3. The number of thioether (sulfide) groups is 1. The number of hydrogen-bond acceptors (Lipinski definition) is 7. The lowest BCUT2D eigenvalue weighted by atomic mass is 10.1. The third-order valence-electron chi connectivity index (χ3n) is 10.4. The molecule has 0 saturated carbocycles. The van der Waals surface area contributed by atoms with Crippen LogP contribution in [0.25, 0.3) is 0 Å². The quantitative estimate of drug-likeness (QED) is 0.0264. The largest absolute Gasteiger partial charge is 0.502 e. The summed E-state index contributed by atoms with van der Waals surface area (Å²) in [5.41, 5.74) is 0. The third kappa shape index (κ3) is 32.5. The highest BCUT2D eigenvalue weighted by Crippen LogP contribution is 2.26. The van der Waals surface area contributed by atoms with Crippen LogP contribution in [0.1, 0.15) is 234 Å². The normalized spacial score (nSPS) is 12.6. The summed E-state index contributed by atoms with van der Waals surface area (Å²) in [5.74, 6) is 0.389. The Morgan fingerprint density at radius 2 is 0.887 bits per heavy atom. The molecule has 0 aromatic carbocycles. The molecule has 316 valence electrons. The summed E-state index contributed by atoms with van der Waals surface area (Å²) in [4.78, 5) is 28.0. The van der Waals surface area contributed by atoms with Gasteiger partial charge in [-0.25, -0.2) is 0 Å². The van der Waals surface area contributed by atoms with E-state index in [1.54, 1.807) is 0 Å². The Balaban J connectivity index is 5.44. The molecule has 0 radical (unpaired) electrons. The second kappa shape index (κ2) is 40.0. The molecule has 6 nitrogen and oxygen atoms in total. The van der Waals surface area contributed by atoms with Crippen molar-refractivity contribution in [2.75, 3.05) is 32.1 Å². The summed E-state index contributed by atoms with van der Waals surface area (Å²) in [6, 6.07) is 0.688. The van der Waals surface area contributed by atoms with Gasteiger partial charge in [-0.3, -0.25) is 14.5 Å². The lowest BCUT2D eigenvalue weighted by Crippen LogP contribution is -2.52. The van der Waals surface area contributed by atoms with Crippen LogP contribution in [-0.4, -0.2) is 62.9 Å². The summed E-state index contributed by atoms with van der Waals surface area (Å²) >= 11 is 1.19. The van der Waals surface area contributed by atoms with Crippen molar-refractivity contribution in [3.05, 3.63) is 0 Å². The number of hydrogen-bond donors (Lipinski definition) is 0. The van der Waals surface area contributed by atoms with Crippen LogP contribution >= 0.6 is 11.8 Å². The summed E-state index contributed by atoms with van der Waals surface area (Å²) in [6.07, 6.45) is 35.2. The molecule has 0 fully saturated rings. The van der Waals surface area contributed by atoms with Crippen LogP contribution in [0.3, 0.4) is 0 Å². The maximum absolute atomic E-state index is 12.8. The minimum absolute atomic E-state index is 0.0839. The van der Waals surface area contributed by atoms with Crippen molar-refractivity contribution in [2.45, 2.75) is 246 Å². The monoisotopic (exact) mass is 786 g/mol. The van der Waals surface area contributed by atoms with E-state index in [9.17, 15) is 9.59 Å². The molecule has 8 heteroatoms. The van der Waals surface area contributed by atoms with Crippen molar-refractivity contribution in [3.63, 3.8) is 0 Å². The smallest absolute Gasteiger partial charge is 0.373 e. The van der Waals surface area contributed by atoms with E-state index < -0.39 is 8.80 Å². The van der Waals surface area contributed by atoms with Crippen molar-refractivity contribution in [1.82, 2.24) is 4.90 Å². The lowest BCUT2D eigenvalue weighted by molar-refractivity contribution is -0.131. The van der Waals surface area contributed by atoms with Crippen LogP contribution in [0.4, 0.5) is 0 Å². The van der Waals surface area contributed by atoms with Gasteiger partial charge in [-0.15, -0.1) is 0 Å². The van der Waals surface area contributed by atoms with E-state index in [0.717, 1.165) is 77.3 Å². The van der Waals surface area contributed by atoms with Gasteiger partial charge >= 0.3 is 8.80 Å². The van der Waals surface area contributed by atoms with Gasteiger partial charge in [0.05, 0.1) is 0 Å². The molecule has 0 aliphatic rings. The Bertz CT molecular complexity index is 773. The predicted octanol–water partition coefficient (Wildman–Crippen LogP) is 14.3. The molecule has 0 spiro atoms. The zero-order valence-electron chi connectivity index (χ0n) is 36.4. The van der Waals surface area contributed by atoms with Gasteiger partial charge in [-0.2, -0.15) is 0 Å². The highest BCUT2D eigenvalue weighted by Gasteiger charge is 2.43. The van der Waals surface area contributed by atoms with Crippen LogP contribution in [-0.2, 0) is 22.9 Å². The average Bonchev–Trinajstić information content (AvgIpc) is 3.16. The van der Waals surface area contributed by atoms with Gasteiger partial charge in [0.25, 0.3) is 5.12 Å². The van der Waals surface area contributed by atoms with Gasteiger partial charge in [-0.05, 0) is 45.4 Å². The summed E-state index contributed by atoms with van der Waals surface area (Å²) in [6.45, 7) is 16.8. The number of ketones is 1. The van der Waals surface area contributed by atoms with Gasteiger partial charge in [0.1, 0.15) is 6.23 Å². The molecule has 0 N–H and O–H groups in total. The Kier molecular flexibility index (Phi) is 39.8. The highest BCUT2D eigenvalue weighted by atomic mass is 32.2. The zero-order valence-corrected chi connectivity index (χ0v) is 38.2. The molecular formula is C45H91NO5SSi. The van der Waals surface area contributed by atoms with Crippen molar-refractivity contribution in [3.8, 4) is 0 Å². The maximum Gasteiger partial charge on any atom is 0.502 e. The molecule has 0 aromatic heterocycles. The first-order valence-corrected chi connectivity index (χ1v) is 26.2. The highest BCUT2D eigenvalue weighted by molar-refractivity contribution is 8.15. The Morgan fingerprint density at radius 3 is 1.30 bits per heavy atom. The van der Waals surface area contributed by atoms with E-state index in [1.165, 1.54) is 134 Å². The molecule has 1 unspecified atom stereocenters. The fourth-order valence-corrected chi connectivity index (χ4v) is 10.6. The van der Waals surface area contributed by atoms with Crippen LogP contribution in [0.5, 0.6) is 0 Å². The fraction of sp³-hybridized carbons (Fsp3) is 0.956. The van der Waals surface area contributed by atoms with E-state index in [2.05, 4.69) is 46.4 Å². The second-order valence-electron chi connectivity index (χ2n) is 15.7. The molecule has 0 bridgehead atoms. The number of Topliss-reactive ketones (excluding diaryl/α,β-unsaturated/α-hetero) is 1. The molecule has 0 aliphatic carbocycles. The van der Waals surface area contributed by atoms with Crippen molar-refractivity contribution in [1.29, 1.82) is 0 Å². The number of unbranched alkanes of at least 4 members (excludes halogenated alkanes) is 23. The lowest BCUT2D eigenvalue weighted by Gasteiger charge is -2.37. The van der Waals surface area contributed by atoms with Crippen LogP contribution in [0, 0.1) is 0 Å². The van der Waals surface area contributed by atoms with Gasteiger partial charge in [0.15, 0.2) is 0 Å². The zero-order chi connectivity index (χ0) is 39.1. The molecule has 1 atom stereocenters. The van der Waals surface area contributed by atoms with Crippen molar-refractivity contribution < 1.29 is 22.9 Å². The molecular weight excluding hydrogens is 695 g/mol. The van der Waals surface area contributed by atoms with Crippen LogP contribution in [0.15, 0.2) is 0 Å². The maximum atomic E-state index is 12.8. The first-order valence-electron chi connectivity index (χ1n) is 23.3. The van der Waals surface area contributed by atoms with E-state index >= 15 is 0 Å². The topological polar surface area (TPSA) is 65.1 Å². The third-order valence-corrected chi connectivity index (χ3v) is 14.4. The molecule has 53 heavy (non-hydrogen) atoms. The molecule has 0 aliphatic heterocycles. The van der Waals surface area contributed by atoms with E-state index in [1.807, 2.05) is 0 Å². The number of rotatable bonds is 43. The number of carbonyl (C=O) groups is 2. The Hall–Kier alpha value is -0.253. The second-order valence-corrected chi connectivity index (χ2v) is 19.4. The molecule has 0 rings (SSSR count). The molecule has 0 aromatic rings. The first kappa shape index (κ1) is 52.7. The minimum Gasteiger partial charge on any atom is -0.373 e. The van der Waals surface area contributed by atoms with Gasteiger partial charge in [-0.1, -0.05) is 194 Å². The number of nitrogens with zero attached hydrogens (tertiary/aromatic N) is 1. The summed E-state index contributed by atoms with van der Waals surface area (Å²) in [7, 11) is -3.07. The molecule has 0 amide bonds. The van der Waals surface area contributed by atoms with E-state index in [4.69, 9.17) is 13.3 Å².